The van der Waals surface area contributed by atoms with E-state index < -0.39 is 16.4 Å². The molecule has 0 fully saturated rings. The van der Waals surface area contributed by atoms with Gasteiger partial charge >= 0.3 is 5.69 Å². The second-order valence-electron chi connectivity index (χ2n) is 3.52. The maximum Gasteiger partial charge on any atom is 0.306 e. The van der Waals surface area contributed by atoms with E-state index in [1.54, 1.807) is 12.4 Å². The number of nitro groups is 1. The zero-order valence-corrected chi connectivity index (χ0v) is 9.21. The standard InChI is InChI=1S/C11H9FN4O2/c12-10-2-1-9(3-11(10)16(17)18)15-6-8-4-13-7-14-5-8/h1-5,7,15H,6H2. The average Bonchev–Trinajstić information content (AvgIpc) is 2.38. The molecule has 0 bridgehead atoms. The summed E-state index contributed by atoms with van der Waals surface area (Å²) in [6.07, 6.45) is 4.65. The molecule has 0 aliphatic rings. The quantitative estimate of drug-likeness (QED) is 0.662. The van der Waals surface area contributed by atoms with Crippen molar-refractivity contribution in [3.8, 4) is 0 Å². The van der Waals surface area contributed by atoms with Gasteiger partial charge in [0.05, 0.1) is 4.92 Å². The number of hydrogen-bond donors (Lipinski definition) is 1. The summed E-state index contributed by atoms with van der Waals surface area (Å²) in [5, 5.41) is 13.5. The first-order chi connectivity index (χ1) is 8.66. The van der Waals surface area contributed by atoms with Gasteiger partial charge in [0.25, 0.3) is 0 Å². The Morgan fingerprint density at radius 3 is 2.72 bits per heavy atom. The third-order valence-electron chi connectivity index (χ3n) is 2.25. The Kier molecular flexibility index (Phi) is 3.42. The van der Waals surface area contributed by atoms with E-state index in [-0.39, 0.29) is 0 Å². The van der Waals surface area contributed by atoms with E-state index in [9.17, 15) is 14.5 Å². The highest BCUT2D eigenvalue weighted by Gasteiger charge is 2.13. The van der Waals surface area contributed by atoms with Gasteiger partial charge in [-0.1, -0.05) is 0 Å². The molecule has 2 rings (SSSR count). The van der Waals surface area contributed by atoms with E-state index in [1.165, 1.54) is 12.4 Å². The van der Waals surface area contributed by atoms with Crippen LogP contribution in [-0.2, 0) is 6.54 Å². The SMILES string of the molecule is O=[N+]([O-])c1cc(NCc2cncnc2)ccc1F. The molecule has 2 aromatic rings. The molecule has 92 valence electrons. The Balaban J connectivity index is 2.11. The number of nitro benzene ring substituents is 1. The fourth-order valence-electron chi connectivity index (χ4n) is 1.39. The van der Waals surface area contributed by atoms with Gasteiger partial charge in [-0.15, -0.1) is 0 Å². The predicted octanol–water partition coefficient (Wildman–Crippen LogP) is 2.14. The number of anilines is 1. The summed E-state index contributed by atoms with van der Waals surface area (Å²) < 4.78 is 13.1. The highest BCUT2D eigenvalue weighted by molar-refractivity contribution is 5.51. The summed E-state index contributed by atoms with van der Waals surface area (Å²) in [5.74, 6) is -0.853. The lowest BCUT2D eigenvalue weighted by Gasteiger charge is -2.05. The van der Waals surface area contributed by atoms with Crippen molar-refractivity contribution in [2.75, 3.05) is 5.32 Å². The van der Waals surface area contributed by atoms with Gasteiger partial charge in [-0.2, -0.15) is 4.39 Å². The lowest BCUT2D eigenvalue weighted by Crippen LogP contribution is -2.01. The number of hydrogen-bond acceptors (Lipinski definition) is 5. The highest BCUT2D eigenvalue weighted by Crippen LogP contribution is 2.21. The van der Waals surface area contributed by atoms with Crippen LogP contribution in [0.15, 0.2) is 36.9 Å². The van der Waals surface area contributed by atoms with Crippen LogP contribution in [0.1, 0.15) is 5.56 Å². The molecule has 7 heteroatoms. The molecule has 0 spiro atoms. The number of nitrogens with zero attached hydrogens (tertiary/aromatic N) is 3. The molecule has 0 aliphatic heterocycles. The van der Waals surface area contributed by atoms with Crippen molar-refractivity contribution in [3.05, 3.63) is 58.4 Å². The number of aromatic nitrogens is 2. The zero-order valence-electron chi connectivity index (χ0n) is 9.21. The third-order valence-corrected chi connectivity index (χ3v) is 2.25. The minimum Gasteiger partial charge on any atom is -0.381 e. The summed E-state index contributed by atoms with van der Waals surface area (Å²) in [7, 11) is 0. The van der Waals surface area contributed by atoms with Crippen LogP contribution in [0.2, 0.25) is 0 Å². The first-order valence-electron chi connectivity index (χ1n) is 5.08. The summed E-state index contributed by atoms with van der Waals surface area (Å²) in [5.41, 5.74) is 0.737. The predicted molar refractivity (Wildman–Crippen MR) is 62.4 cm³/mol. The summed E-state index contributed by atoms with van der Waals surface area (Å²) >= 11 is 0. The van der Waals surface area contributed by atoms with Gasteiger partial charge in [0.15, 0.2) is 0 Å². The van der Waals surface area contributed by atoms with E-state index in [0.29, 0.717) is 12.2 Å². The number of halogens is 1. The van der Waals surface area contributed by atoms with Crippen molar-refractivity contribution < 1.29 is 9.31 Å². The lowest BCUT2D eigenvalue weighted by atomic mass is 10.2. The Morgan fingerprint density at radius 2 is 2.06 bits per heavy atom. The lowest BCUT2D eigenvalue weighted by molar-refractivity contribution is -0.387. The van der Waals surface area contributed by atoms with Crippen LogP contribution in [0.3, 0.4) is 0 Å². The minimum absolute atomic E-state index is 0.406. The molecule has 18 heavy (non-hydrogen) atoms. The first-order valence-corrected chi connectivity index (χ1v) is 5.08. The van der Waals surface area contributed by atoms with E-state index in [0.717, 1.165) is 17.7 Å². The fourth-order valence-corrected chi connectivity index (χ4v) is 1.39. The van der Waals surface area contributed by atoms with Gasteiger partial charge in [0, 0.05) is 36.3 Å². The van der Waals surface area contributed by atoms with Crippen molar-refractivity contribution in [1.29, 1.82) is 0 Å². The fraction of sp³-hybridized carbons (Fsp3) is 0.0909. The van der Waals surface area contributed by atoms with Gasteiger partial charge in [0.1, 0.15) is 6.33 Å². The van der Waals surface area contributed by atoms with Crippen molar-refractivity contribution >= 4 is 11.4 Å². The molecule has 1 aromatic heterocycles. The molecule has 1 heterocycles. The maximum atomic E-state index is 13.1. The largest absolute Gasteiger partial charge is 0.381 e. The van der Waals surface area contributed by atoms with Gasteiger partial charge in [0.2, 0.25) is 5.82 Å². The molecule has 6 nitrogen and oxygen atoms in total. The molecule has 0 unspecified atom stereocenters. The summed E-state index contributed by atoms with van der Waals surface area (Å²) in [6, 6.07) is 3.65. The van der Waals surface area contributed by atoms with Crippen LogP contribution in [0.25, 0.3) is 0 Å². The smallest absolute Gasteiger partial charge is 0.306 e. The normalized spacial score (nSPS) is 10.1. The monoisotopic (exact) mass is 248 g/mol. The van der Waals surface area contributed by atoms with Crippen molar-refractivity contribution in [2.24, 2.45) is 0 Å². The first kappa shape index (κ1) is 11.9. The maximum absolute atomic E-state index is 13.1. The summed E-state index contributed by atoms with van der Waals surface area (Å²) in [4.78, 5) is 17.5. The van der Waals surface area contributed by atoms with Crippen molar-refractivity contribution in [2.45, 2.75) is 6.54 Å². The van der Waals surface area contributed by atoms with Crippen LogP contribution >= 0.6 is 0 Å². The zero-order chi connectivity index (χ0) is 13.0. The Hall–Kier alpha value is -2.57. The van der Waals surface area contributed by atoms with Crippen LogP contribution in [-0.4, -0.2) is 14.9 Å². The van der Waals surface area contributed by atoms with Crippen LogP contribution in [0, 0.1) is 15.9 Å². The van der Waals surface area contributed by atoms with Crippen molar-refractivity contribution in [3.63, 3.8) is 0 Å². The van der Waals surface area contributed by atoms with Gasteiger partial charge < -0.3 is 5.32 Å². The number of rotatable bonds is 4. The molecular weight excluding hydrogens is 239 g/mol. The third kappa shape index (κ3) is 2.76. The number of benzene rings is 1. The van der Waals surface area contributed by atoms with E-state index in [2.05, 4.69) is 15.3 Å². The molecular formula is C11H9FN4O2. The summed E-state index contributed by atoms with van der Waals surface area (Å²) in [6.45, 7) is 0.406. The van der Waals surface area contributed by atoms with Gasteiger partial charge in [-0.3, -0.25) is 10.1 Å². The number of nitrogens with one attached hydrogen (secondary N) is 1. The molecule has 1 N–H and O–H groups in total. The van der Waals surface area contributed by atoms with Crippen LogP contribution < -0.4 is 5.32 Å². The second kappa shape index (κ2) is 5.17. The second-order valence-corrected chi connectivity index (χ2v) is 3.52. The Morgan fingerprint density at radius 1 is 1.33 bits per heavy atom. The van der Waals surface area contributed by atoms with Crippen LogP contribution in [0.4, 0.5) is 15.8 Å². The molecule has 0 atom stereocenters. The van der Waals surface area contributed by atoms with E-state index in [4.69, 9.17) is 0 Å². The Bertz CT molecular complexity index is 562. The molecule has 0 saturated heterocycles. The van der Waals surface area contributed by atoms with Crippen LogP contribution in [0.5, 0.6) is 0 Å². The highest BCUT2D eigenvalue weighted by atomic mass is 19.1. The molecule has 0 radical (unpaired) electrons. The molecule has 0 saturated carbocycles. The molecule has 1 aromatic carbocycles. The Labute approximate surface area is 102 Å². The van der Waals surface area contributed by atoms with Gasteiger partial charge in [-0.25, -0.2) is 9.97 Å². The van der Waals surface area contributed by atoms with E-state index in [1.807, 2.05) is 0 Å². The minimum atomic E-state index is -0.853. The van der Waals surface area contributed by atoms with Gasteiger partial charge in [-0.05, 0) is 12.1 Å². The van der Waals surface area contributed by atoms with E-state index >= 15 is 0 Å². The van der Waals surface area contributed by atoms with Crippen molar-refractivity contribution in [1.82, 2.24) is 9.97 Å². The molecule has 0 amide bonds. The average molecular weight is 248 g/mol. The molecule has 0 aliphatic carbocycles. The topological polar surface area (TPSA) is 81.0 Å².